The molecule has 4 rings (SSSR count). The number of fused-ring (bicyclic) bond motifs is 1. The van der Waals surface area contributed by atoms with Crippen LogP contribution in [-0.2, 0) is 0 Å². The van der Waals surface area contributed by atoms with Crippen molar-refractivity contribution in [3.05, 3.63) is 35.3 Å². The Morgan fingerprint density at radius 1 is 1.20 bits per heavy atom. The first-order chi connectivity index (χ1) is 9.84. The number of benzene rings is 1. The minimum Gasteiger partial charge on any atom is -0.365 e. The highest BCUT2D eigenvalue weighted by Crippen LogP contribution is 2.40. The number of aromatic nitrogens is 2. The summed E-state index contributed by atoms with van der Waals surface area (Å²) >= 11 is 1.15. The van der Waals surface area contributed by atoms with Gasteiger partial charge in [0.05, 0.1) is 17.6 Å². The minimum absolute atomic E-state index is 0.00268. The summed E-state index contributed by atoms with van der Waals surface area (Å²) in [5.74, 6) is 0.00268. The van der Waals surface area contributed by atoms with Crippen LogP contribution >= 0.6 is 11.5 Å². The van der Waals surface area contributed by atoms with E-state index in [1.807, 2.05) is 23.1 Å². The number of carbonyl (C=O) groups is 1. The molecule has 102 valence electrons. The average Bonchev–Trinajstić information content (AvgIpc) is 3.19. The topological polar surface area (TPSA) is 49.3 Å². The van der Waals surface area contributed by atoms with Gasteiger partial charge in [-0.05, 0) is 36.5 Å². The molecule has 2 aromatic rings. The van der Waals surface area contributed by atoms with E-state index in [1.54, 1.807) is 6.20 Å². The summed E-state index contributed by atoms with van der Waals surface area (Å²) in [6.07, 6.45) is 4.07. The lowest BCUT2D eigenvalue weighted by Gasteiger charge is -2.37. The molecule has 0 atom stereocenters. The molecule has 0 bridgehead atoms. The Balaban J connectivity index is 1.72. The van der Waals surface area contributed by atoms with Crippen LogP contribution in [0.2, 0.25) is 0 Å². The second kappa shape index (κ2) is 4.56. The van der Waals surface area contributed by atoms with Crippen LogP contribution in [0, 0.1) is 0 Å². The first kappa shape index (κ1) is 11.8. The standard InChI is InChI=1S/C14H14N4OS/c19-14(13-9-15-16-20-13)18-8-7-17(10-5-6-10)11-3-1-2-4-12(11)18/h1-4,9-10H,5-8H2. The zero-order chi connectivity index (χ0) is 13.5. The van der Waals surface area contributed by atoms with Crippen LogP contribution in [0.3, 0.4) is 0 Å². The summed E-state index contributed by atoms with van der Waals surface area (Å²) < 4.78 is 3.78. The number of anilines is 2. The smallest absolute Gasteiger partial charge is 0.271 e. The van der Waals surface area contributed by atoms with Gasteiger partial charge in [-0.15, -0.1) is 5.10 Å². The second-order valence-electron chi connectivity index (χ2n) is 5.15. The van der Waals surface area contributed by atoms with E-state index < -0.39 is 0 Å². The molecular weight excluding hydrogens is 272 g/mol. The van der Waals surface area contributed by atoms with Gasteiger partial charge in [-0.2, -0.15) is 0 Å². The van der Waals surface area contributed by atoms with Gasteiger partial charge >= 0.3 is 0 Å². The van der Waals surface area contributed by atoms with E-state index in [0.717, 1.165) is 30.3 Å². The quantitative estimate of drug-likeness (QED) is 0.849. The first-order valence-electron chi connectivity index (χ1n) is 6.79. The second-order valence-corrected chi connectivity index (χ2v) is 5.94. The first-order valence-corrected chi connectivity index (χ1v) is 7.57. The largest absolute Gasteiger partial charge is 0.365 e. The minimum atomic E-state index is 0.00268. The van der Waals surface area contributed by atoms with Gasteiger partial charge < -0.3 is 9.80 Å². The molecule has 1 amide bonds. The number of rotatable bonds is 2. The van der Waals surface area contributed by atoms with Crippen LogP contribution < -0.4 is 9.80 Å². The molecule has 1 aromatic carbocycles. The normalized spacial score (nSPS) is 18.0. The summed E-state index contributed by atoms with van der Waals surface area (Å²) in [7, 11) is 0. The SMILES string of the molecule is O=C(c1cnns1)N1CCN(C2CC2)c2ccccc21. The Hall–Kier alpha value is -1.95. The number of hydrogen-bond acceptors (Lipinski definition) is 5. The Labute approximate surface area is 121 Å². The zero-order valence-electron chi connectivity index (χ0n) is 10.9. The predicted molar refractivity (Wildman–Crippen MR) is 78.4 cm³/mol. The molecule has 0 unspecified atom stereocenters. The third kappa shape index (κ3) is 1.87. The van der Waals surface area contributed by atoms with Crippen LogP contribution in [0.25, 0.3) is 0 Å². The van der Waals surface area contributed by atoms with E-state index >= 15 is 0 Å². The molecule has 1 fully saturated rings. The number of hydrogen-bond donors (Lipinski definition) is 0. The molecule has 1 aromatic heterocycles. The summed E-state index contributed by atoms with van der Waals surface area (Å²) in [6.45, 7) is 1.63. The Morgan fingerprint density at radius 3 is 2.70 bits per heavy atom. The molecule has 20 heavy (non-hydrogen) atoms. The Bertz CT molecular complexity index is 638. The van der Waals surface area contributed by atoms with E-state index in [9.17, 15) is 4.79 Å². The molecule has 2 aliphatic rings. The van der Waals surface area contributed by atoms with Crippen molar-refractivity contribution >= 4 is 28.8 Å². The molecule has 2 heterocycles. The monoisotopic (exact) mass is 286 g/mol. The van der Waals surface area contributed by atoms with Crippen LogP contribution in [0.1, 0.15) is 22.5 Å². The fourth-order valence-electron chi connectivity index (χ4n) is 2.75. The fourth-order valence-corrected chi connectivity index (χ4v) is 3.22. The van der Waals surface area contributed by atoms with Crippen molar-refractivity contribution in [3.63, 3.8) is 0 Å². The lowest BCUT2D eigenvalue weighted by atomic mass is 10.1. The van der Waals surface area contributed by atoms with Crippen LogP contribution in [-0.4, -0.2) is 34.6 Å². The zero-order valence-corrected chi connectivity index (χ0v) is 11.7. The summed E-state index contributed by atoms with van der Waals surface area (Å²) in [4.78, 5) is 17.4. The summed E-state index contributed by atoms with van der Waals surface area (Å²) in [5.41, 5.74) is 2.18. The van der Waals surface area contributed by atoms with E-state index in [-0.39, 0.29) is 5.91 Å². The molecule has 5 nitrogen and oxygen atoms in total. The molecule has 1 aliphatic carbocycles. The van der Waals surface area contributed by atoms with Gasteiger partial charge in [-0.3, -0.25) is 4.79 Å². The van der Waals surface area contributed by atoms with E-state index in [4.69, 9.17) is 0 Å². The maximum Gasteiger partial charge on any atom is 0.271 e. The van der Waals surface area contributed by atoms with Crippen molar-refractivity contribution in [2.45, 2.75) is 18.9 Å². The number of para-hydroxylation sites is 2. The molecule has 1 aliphatic heterocycles. The van der Waals surface area contributed by atoms with Crippen molar-refractivity contribution < 1.29 is 4.79 Å². The number of nitrogens with zero attached hydrogens (tertiary/aromatic N) is 4. The number of amides is 1. The highest BCUT2D eigenvalue weighted by molar-refractivity contribution is 7.07. The maximum absolute atomic E-state index is 12.6. The van der Waals surface area contributed by atoms with Gasteiger partial charge in [-0.25, -0.2) is 0 Å². The van der Waals surface area contributed by atoms with Crippen LogP contribution in [0.4, 0.5) is 11.4 Å². The lowest BCUT2D eigenvalue weighted by molar-refractivity contribution is 0.0990. The average molecular weight is 286 g/mol. The Morgan fingerprint density at radius 2 is 2.00 bits per heavy atom. The van der Waals surface area contributed by atoms with E-state index in [1.165, 1.54) is 18.5 Å². The molecule has 0 saturated heterocycles. The van der Waals surface area contributed by atoms with Crippen molar-refractivity contribution in [1.82, 2.24) is 9.59 Å². The molecule has 0 spiro atoms. The van der Waals surface area contributed by atoms with Gasteiger partial charge in [0.1, 0.15) is 4.88 Å². The van der Waals surface area contributed by atoms with Crippen molar-refractivity contribution in [2.75, 3.05) is 22.9 Å². The van der Waals surface area contributed by atoms with E-state index in [2.05, 4.69) is 20.6 Å². The van der Waals surface area contributed by atoms with Crippen LogP contribution in [0.15, 0.2) is 30.5 Å². The third-order valence-corrected chi connectivity index (χ3v) is 4.50. The molecule has 6 heteroatoms. The van der Waals surface area contributed by atoms with Gasteiger partial charge in [0, 0.05) is 19.1 Å². The van der Waals surface area contributed by atoms with Gasteiger partial charge in [0.15, 0.2) is 0 Å². The maximum atomic E-state index is 12.6. The molecule has 0 radical (unpaired) electrons. The van der Waals surface area contributed by atoms with Crippen molar-refractivity contribution in [1.29, 1.82) is 0 Å². The molecular formula is C14H14N4OS. The highest BCUT2D eigenvalue weighted by atomic mass is 32.1. The summed E-state index contributed by atoms with van der Waals surface area (Å²) in [5, 5.41) is 3.76. The predicted octanol–water partition coefficient (Wildman–Crippen LogP) is 2.17. The van der Waals surface area contributed by atoms with Gasteiger partial charge in [0.2, 0.25) is 0 Å². The Kier molecular flexibility index (Phi) is 2.70. The fraction of sp³-hybridized carbons (Fsp3) is 0.357. The lowest BCUT2D eigenvalue weighted by Crippen LogP contribution is -2.44. The van der Waals surface area contributed by atoms with Crippen molar-refractivity contribution in [3.8, 4) is 0 Å². The van der Waals surface area contributed by atoms with E-state index in [0.29, 0.717) is 10.9 Å². The van der Waals surface area contributed by atoms with Gasteiger partial charge in [-0.1, -0.05) is 16.6 Å². The third-order valence-electron chi connectivity index (χ3n) is 3.85. The number of carbonyl (C=O) groups excluding carboxylic acids is 1. The van der Waals surface area contributed by atoms with Crippen LogP contribution in [0.5, 0.6) is 0 Å². The van der Waals surface area contributed by atoms with Crippen molar-refractivity contribution in [2.24, 2.45) is 0 Å². The molecule has 1 saturated carbocycles. The summed E-state index contributed by atoms with van der Waals surface area (Å²) in [6, 6.07) is 8.82. The molecule has 0 N–H and O–H groups in total. The highest BCUT2D eigenvalue weighted by Gasteiger charge is 2.35. The van der Waals surface area contributed by atoms with Gasteiger partial charge in [0.25, 0.3) is 5.91 Å².